The summed E-state index contributed by atoms with van der Waals surface area (Å²) >= 11 is 5.85. The van der Waals surface area contributed by atoms with Crippen LogP contribution in [0.1, 0.15) is 31.4 Å². The zero-order valence-electron chi connectivity index (χ0n) is 11.8. The van der Waals surface area contributed by atoms with E-state index in [1.807, 2.05) is 0 Å². The number of benzene rings is 1. The third-order valence-corrected chi connectivity index (χ3v) is 4.46. The molecule has 1 aliphatic carbocycles. The zero-order chi connectivity index (χ0) is 13.8. The molecule has 0 aliphatic heterocycles. The van der Waals surface area contributed by atoms with E-state index in [9.17, 15) is 0 Å². The van der Waals surface area contributed by atoms with Crippen LogP contribution in [0.25, 0.3) is 10.9 Å². The second-order valence-corrected chi connectivity index (χ2v) is 5.97. The van der Waals surface area contributed by atoms with Crippen molar-refractivity contribution in [1.29, 1.82) is 0 Å². The van der Waals surface area contributed by atoms with Gasteiger partial charge in [0.05, 0.1) is 11.2 Å². The van der Waals surface area contributed by atoms with Gasteiger partial charge in [0.25, 0.3) is 0 Å². The van der Waals surface area contributed by atoms with Crippen molar-refractivity contribution < 1.29 is 0 Å². The number of fused-ring (bicyclic) bond motifs is 1. The van der Waals surface area contributed by atoms with Crippen LogP contribution in [-0.2, 0) is 6.54 Å². The van der Waals surface area contributed by atoms with Crippen LogP contribution in [0.2, 0.25) is 0 Å². The van der Waals surface area contributed by atoms with Crippen LogP contribution in [0.4, 0.5) is 0 Å². The Hall–Kier alpha value is -1.12. The molecule has 1 fully saturated rings. The molecule has 1 aliphatic rings. The number of alkyl halides is 1. The SMILES string of the molecule is ClCCCN(Cc1ccc2ccccc2n1)C1CCC1. The fourth-order valence-electron chi connectivity index (χ4n) is 2.81. The van der Waals surface area contributed by atoms with Gasteiger partial charge in [0.15, 0.2) is 0 Å². The van der Waals surface area contributed by atoms with Crippen molar-refractivity contribution in [2.75, 3.05) is 12.4 Å². The summed E-state index contributed by atoms with van der Waals surface area (Å²) in [5.41, 5.74) is 2.26. The Kier molecular flexibility index (Phi) is 4.54. The first kappa shape index (κ1) is 13.8. The Bertz CT molecular complexity index is 566. The molecule has 0 amide bonds. The summed E-state index contributed by atoms with van der Waals surface area (Å²) in [6.07, 6.45) is 5.09. The van der Waals surface area contributed by atoms with Crippen LogP contribution in [0, 0.1) is 0 Å². The summed E-state index contributed by atoms with van der Waals surface area (Å²) in [4.78, 5) is 7.35. The van der Waals surface area contributed by atoms with Crippen molar-refractivity contribution in [3.05, 3.63) is 42.1 Å². The van der Waals surface area contributed by atoms with Crippen LogP contribution in [0.3, 0.4) is 0 Å². The molecule has 3 heteroatoms. The molecule has 106 valence electrons. The lowest BCUT2D eigenvalue weighted by Gasteiger charge is -2.37. The van der Waals surface area contributed by atoms with Crippen LogP contribution in [0.5, 0.6) is 0 Å². The van der Waals surface area contributed by atoms with Gasteiger partial charge in [-0.2, -0.15) is 0 Å². The summed E-state index contributed by atoms with van der Waals surface area (Å²) in [5.74, 6) is 0.744. The molecule has 0 saturated heterocycles. The maximum Gasteiger partial charge on any atom is 0.0705 e. The average Bonchev–Trinajstić information content (AvgIpc) is 2.43. The molecule has 2 nitrogen and oxygen atoms in total. The molecule has 20 heavy (non-hydrogen) atoms. The topological polar surface area (TPSA) is 16.1 Å². The Morgan fingerprint density at radius 2 is 2.00 bits per heavy atom. The first-order chi connectivity index (χ1) is 9.86. The molecule has 1 aromatic heterocycles. The lowest BCUT2D eigenvalue weighted by molar-refractivity contribution is 0.118. The van der Waals surface area contributed by atoms with Gasteiger partial charge in [0, 0.05) is 23.9 Å². The lowest BCUT2D eigenvalue weighted by atomic mass is 9.91. The number of pyridine rings is 1. The molecule has 0 atom stereocenters. The van der Waals surface area contributed by atoms with Gasteiger partial charge in [-0.1, -0.05) is 30.7 Å². The quantitative estimate of drug-likeness (QED) is 0.740. The van der Waals surface area contributed by atoms with Crippen molar-refractivity contribution in [2.24, 2.45) is 0 Å². The lowest BCUT2D eigenvalue weighted by Crippen LogP contribution is -2.40. The van der Waals surface area contributed by atoms with Gasteiger partial charge in [-0.25, -0.2) is 0 Å². The van der Waals surface area contributed by atoms with Gasteiger partial charge < -0.3 is 0 Å². The van der Waals surface area contributed by atoms with E-state index in [1.165, 1.54) is 30.3 Å². The van der Waals surface area contributed by atoms with Crippen molar-refractivity contribution in [1.82, 2.24) is 9.88 Å². The molecule has 1 heterocycles. The smallest absolute Gasteiger partial charge is 0.0705 e. The summed E-state index contributed by atoms with van der Waals surface area (Å²) in [6.45, 7) is 2.04. The monoisotopic (exact) mass is 288 g/mol. The van der Waals surface area contributed by atoms with E-state index in [1.54, 1.807) is 0 Å². The molecule has 2 aromatic rings. The zero-order valence-corrected chi connectivity index (χ0v) is 12.5. The van der Waals surface area contributed by atoms with Crippen LogP contribution < -0.4 is 0 Å². The molecule has 1 aromatic carbocycles. The van der Waals surface area contributed by atoms with E-state index in [0.29, 0.717) is 0 Å². The predicted molar refractivity (Wildman–Crippen MR) is 85.1 cm³/mol. The third kappa shape index (κ3) is 3.13. The molecule has 0 bridgehead atoms. The fourth-order valence-corrected chi connectivity index (χ4v) is 2.93. The van der Waals surface area contributed by atoms with Crippen LogP contribution in [0.15, 0.2) is 36.4 Å². The van der Waals surface area contributed by atoms with Crippen LogP contribution in [-0.4, -0.2) is 28.4 Å². The summed E-state index contributed by atoms with van der Waals surface area (Å²) in [7, 11) is 0. The molecule has 3 rings (SSSR count). The van der Waals surface area contributed by atoms with E-state index >= 15 is 0 Å². The van der Waals surface area contributed by atoms with E-state index in [-0.39, 0.29) is 0 Å². The Morgan fingerprint density at radius 1 is 1.15 bits per heavy atom. The van der Waals surface area contributed by atoms with Crippen molar-refractivity contribution in [2.45, 2.75) is 38.3 Å². The van der Waals surface area contributed by atoms with Crippen molar-refractivity contribution in [3.8, 4) is 0 Å². The highest BCUT2D eigenvalue weighted by molar-refractivity contribution is 6.17. The minimum atomic E-state index is 0.742. The normalized spacial score (nSPS) is 15.7. The second kappa shape index (κ2) is 6.55. The standard InChI is InChI=1S/C17H21ClN2/c18-11-4-12-20(16-6-3-7-16)13-15-10-9-14-5-1-2-8-17(14)19-15/h1-2,5,8-10,16H,3-4,6-7,11-13H2. The largest absolute Gasteiger partial charge is 0.295 e. The van der Waals surface area contributed by atoms with Gasteiger partial charge in [-0.15, -0.1) is 11.6 Å². The maximum absolute atomic E-state index is 5.85. The number of hydrogen-bond acceptors (Lipinski definition) is 2. The highest BCUT2D eigenvalue weighted by Gasteiger charge is 2.24. The maximum atomic E-state index is 5.85. The molecular formula is C17H21ClN2. The van der Waals surface area contributed by atoms with Gasteiger partial charge >= 0.3 is 0 Å². The Morgan fingerprint density at radius 3 is 2.75 bits per heavy atom. The van der Waals surface area contributed by atoms with Crippen molar-refractivity contribution in [3.63, 3.8) is 0 Å². The number of aromatic nitrogens is 1. The summed E-state index contributed by atoms with van der Waals surface area (Å²) < 4.78 is 0. The number of nitrogens with zero attached hydrogens (tertiary/aromatic N) is 2. The fraction of sp³-hybridized carbons (Fsp3) is 0.471. The Balaban J connectivity index is 1.74. The van der Waals surface area contributed by atoms with Crippen molar-refractivity contribution >= 4 is 22.5 Å². The van der Waals surface area contributed by atoms with Crippen LogP contribution >= 0.6 is 11.6 Å². The van der Waals surface area contributed by atoms with E-state index in [0.717, 1.165) is 36.9 Å². The number of halogens is 1. The number of hydrogen-bond donors (Lipinski definition) is 0. The minimum absolute atomic E-state index is 0.742. The molecular weight excluding hydrogens is 268 g/mol. The first-order valence-corrected chi connectivity index (χ1v) is 8.05. The average molecular weight is 289 g/mol. The molecule has 0 N–H and O–H groups in total. The molecule has 0 spiro atoms. The summed E-state index contributed by atoms with van der Waals surface area (Å²) in [5, 5.41) is 1.22. The minimum Gasteiger partial charge on any atom is -0.295 e. The summed E-state index contributed by atoms with van der Waals surface area (Å²) in [6, 6.07) is 13.4. The van der Waals surface area contributed by atoms with E-state index in [2.05, 4.69) is 41.3 Å². The molecule has 0 unspecified atom stereocenters. The Labute approximate surface area is 125 Å². The molecule has 0 radical (unpaired) electrons. The van der Waals surface area contributed by atoms with Gasteiger partial charge in [0.2, 0.25) is 0 Å². The van der Waals surface area contributed by atoms with Gasteiger partial charge in [-0.3, -0.25) is 9.88 Å². The number of para-hydroxylation sites is 1. The van der Waals surface area contributed by atoms with E-state index < -0.39 is 0 Å². The highest BCUT2D eigenvalue weighted by atomic mass is 35.5. The van der Waals surface area contributed by atoms with E-state index in [4.69, 9.17) is 16.6 Å². The van der Waals surface area contributed by atoms with Gasteiger partial charge in [-0.05, 0) is 37.9 Å². The second-order valence-electron chi connectivity index (χ2n) is 5.59. The third-order valence-electron chi connectivity index (χ3n) is 4.19. The number of rotatable bonds is 6. The predicted octanol–water partition coefficient (Wildman–Crippen LogP) is 4.22. The first-order valence-electron chi connectivity index (χ1n) is 7.51. The molecule has 1 saturated carbocycles. The van der Waals surface area contributed by atoms with Gasteiger partial charge in [0.1, 0.15) is 0 Å². The highest BCUT2D eigenvalue weighted by Crippen LogP contribution is 2.26.